The molecule has 0 radical (unpaired) electrons. The third-order valence-corrected chi connectivity index (χ3v) is 7.11. The van der Waals surface area contributed by atoms with Crippen LogP contribution in [-0.4, -0.2) is 26.4 Å². The van der Waals surface area contributed by atoms with Crippen LogP contribution in [0.4, 0.5) is 0 Å². The van der Waals surface area contributed by atoms with Crippen molar-refractivity contribution in [3.05, 3.63) is 69.0 Å². The number of Topliss-reactive ketones (excluding diaryl/α,β-unsaturated/α-hetero) is 1. The van der Waals surface area contributed by atoms with E-state index < -0.39 is 0 Å². The summed E-state index contributed by atoms with van der Waals surface area (Å²) < 4.78 is 5.85. The second kappa shape index (κ2) is 8.00. The summed E-state index contributed by atoms with van der Waals surface area (Å²) in [6, 6.07) is 12.0. The number of hydrogen-bond acceptors (Lipinski definition) is 5. The molecule has 2 aliphatic rings. The van der Waals surface area contributed by atoms with Crippen LogP contribution in [0.15, 0.2) is 36.4 Å². The molecule has 2 unspecified atom stereocenters. The van der Waals surface area contributed by atoms with Crippen molar-refractivity contribution in [2.24, 2.45) is 11.8 Å². The van der Waals surface area contributed by atoms with E-state index in [-0.39, 0.29) is 34.3 Å². The first-order chi connectivity index (χ1) is 14.6. The highest BCUT2D eigenvalue weighted by molar-refractivity contribution is 6.45. The molecule has 1 fully saturated rings. The molecule has 2 aromatic carbocycles. The molecule has 0 bridgehead atoms. The molecule has 1 aromatic heterocycles. The summed E-state index contributed by atoms with van der Waals surface area (Å²) in [5.41, 5.74) is 2.55. The van der Waals surface area contributed by atoms with Gasteiger partial charge < -0.3 is 4.74 Å². The van der Waals surface area contributed by atoms with Crippen molar-refractivity contribution in [3.8, 4) is 5.75 Å². The highest BCUT2D eigenvalue weighted by Gasteiger charge is 2.47. The van der Waals surface area contributed by atoms with Gasteiger partial charge in [-0.2, -0.15) is 5.21 Å². The maximum absolute atomic E-state index is 13.6. The average Bonchev–Trinajstić information content (AvgIpc) is 3.51. The Labute approximate surface area is 183 Å². The van der Waals surface area contributed by atoms with Crippen LogP contribution in [0.25, 0.3) is 0 Å². The maximum atomic E-state index is 13.6. The van der Waals surface area contributed by atoms with Crippen molar-refractivity contribution in [1.82, 2.24) is 20.6 Å². The van der Waals surface area contributed by atoms with Gasteiger partial charge in [-0.05, 0) is 36.0 Å². The molecule has 1 saturated carbocycles. The lowest BCUT2D eigenvalue weighted by atomic mass is 9.77. The van der Waals surface area contributed by atoms with Crippen LogP contribution >= 0.6 is 23.2 Å². The minimum Gasteiger partial charge on any atom is -0.484 e. The van der Waals surface area contributed by atoms with E-state index in [1.165, 1.54) is 12.8 Å². The molecule has 0 aliphatic heterocycles. The van der Waals surface area contributed by atoms with E-state index in [0.717, 1.165) is 24.0 Å². The number of H-pyrrole nitrogens is 1. The fourth-order valence-corrected chi connectivity index (χ4v) is 5.47. The van der Waals surface area contributed by atoms with Gasteiger partial charge in [-0.3, -0.25) is 4.79 Å². The van der Waals surface area contributed by atoms with E-state index in [1.807, 2.05) is 24.3 Å². The third-order valence-electron chi connectivity index (χ3n) is 6.26. The second-order valence-electron chi connectivity index (χ2n) is 7.91. The zero-order valence-corrected chi connectivity index (χ0v) is 17.7. The topological polar surface area (TPSA) is 80.8 Å². The van der Waals surface area contributed by atoms with Gasteiger partial charge in [0, 0.05) is 17.4 Å². The maximum Gasteiger partial charge on any atom is 0.211 e. The molecule has 8 heteroatoms. The van der Waals surface area contributed by atoms with Gasteiger partial charge in [0.15, 0.2) is 12.4 Å². The quantitative estimate of drug-likeness (QED) is 0.585. The van der Waals surface area contributed by atoms with Gasteiger partial charge in [-0.15, -0.1) is 10.2 Å². The van der Waals surface area contributed by atoms with Crippen molar-refractivity contribution >= 4 is 29.0 Å². The summed E-state index contributed by atoms with van der Waals surface area (Å²) in [4.78, 5) is 13.6. The van der Waals surface area contributed by atoms with E-state index >= 15 is 0 Å². The molecule has 0 amide bonds. The van der Waals surface area contributed by atoms with Gasteiger partial charge in [-0.1, -0.05) is 71.6 Å². The highest BCUT2D eigenvalue weighted by Crippen LogP contribution is 2.54. The predicted molar refractivity (Wildman–Crippen MR) is 113 cm³/mol. The van der Waals surface area contributed by atoms with Gasteiger partial charge in [-0.25, -0.2) is 0 Å². The van der Waals surface area contributed by atoms with Gasteiger partial charge in [0.1, 0.15) is 10.8 Å². The number of fused-ring (bicyclic) bond motifs is 1. The number of nitrogens with one attached hydrogen (secondary N) is 1. The molecule has 0 saturated heterocycles. The first-order valence-electron chi connectivity index (χ1n) is 10.1. The summed E-state index contributed by atoms with van der Waals surface area (Å²) in [5.74, 6) is 1.11. The molecule has 0 spiro atoms. The number of aromatic nitrogens is 4. The van der Waals surface area contributed by atoms with E-state index in [2.05, 4.69) is 32.8 Å². The number of halogens is 2. The molecule has 1 heterocycles. The van der Waals surface area contributed by atoms with E-state index in [4.69, 9.17) is 27.9 Å². The smallest absolute Gasteiger partial charge is 0.211 e. The summed E-state index contributed by atoms with van der Waals surface area (Å²) in [7, 11) is 0. The summed E-state index contributed by atoms with van der Waals surface area (Å²) >= 11 is 13.2. The molecule has 3 aromatic rings. The molecule has 5 rings (SSSR count). The Balaban J connectivity index is 1.60. The number of aromatic amines is 1. The Kier molecular flexibility index (Phi) is 5.21. The van der Waals surface area contributed by atoms with Crippen molar-refractivity contribution in [3.63, 3.8) is 0 Å². The number of carbonyl (C=O) groups is 1. The van der Waals surface area contributed by atoms with E-state index in [1.54, 1.807) is 0 Å². The van der Waals surface area contributed by atoms with Crippen LogP contribution < -0.4 is 4.74 Å². The SMILES string of the molecule is O=C1c2c(cc(OCc3nn[nH]n3)c(Cl)c2Cl)C(c2ccccc2)C1C1CCCC1. The Morgan fingerprint density at radius 1 is 1.10 bits per heavy atom. The predicted octanol–water partition coefficient (Wildman–Crippen LogP) is 5.22. The third kappa shape index (κ3) is 3.28. The summed E-state index contributed by atoms with van der Waals surface area (Å²) in [6.45, 7) is 0.0986. The standard InChI is InChI=1S/C22H20Cl2N4O2/c23-20-15(30-11-16-25-27-28-26-16)10-14-17(12-6-2-1-3-7-12)18(13-8-4-5-9-13)22(29)19(14)21(20)24/h1-3,6-7,10,13,17-18H,4-5,8-9,11H2,(H,25,26,27,28). The second-order valence-corrected chi connectivity index (χ2v) is 8.66. The molecular weight excluding hydrogens is 423 g/mol. The number of hydrogen-bond donors (Lipinski definition) is 1. The molecular formula is C22H20Cl2N4O2. The minimum absolute atomic E-state index is 0.0564. The van der Waals surface area contributed by atoms with Crippen LogP contribution in [0.3, 0.4) is 0 Å². The Morgan fingerprint density at radius 3 is 2.57 bits per heavy atom. The van der Waals surface area contributed by atoms with Crippen LogP contribution in [0.1, 0.15) is 58.9 Å². The lowest BCUT2D eigenvalue weighted by Crippen LogP contribution is -2.23. The summed E-state index contributed by atoms with van der Waals surface area (Å²) in [5, 5.41) is 14.2. The van der Waals surface area contributed by atoms with Crippen molar-refractivity contribution in [2.45, 2.75) is 38.2 Å². The van der Waals surface area contributed by atoms with Crippen molar-refractivity contribution in [1.29, 1.82) is 0 Å². The zero-order chi connectivity index (χ0) is 20.7. The van der Waals surface area contributed by atoms with Crippen LogP contribution in [0.2, 0.25) is 10.0 Å². The Bertz CT molecular complexity index is 1070. The number of rotatable bonds is 5. The molecule has 6 nitrogen and oxygen atoms in total. The lowest BCUT2D eigenvalue weighted by molar-refractivity contribution is 0.0882. The zero-order valence-electron chi connectivity index (χ0n) is 16.1. The minimum atomic E-state index is -0.120. The first kappa shape index (κ1) is 19.5. The lowest BCUT2D eigenvalue weighted by Gasteiger charge is -2.25. The highest BCUT2D eigenvalue weighted by atomic mass is 35.5. The fourth-order valence-electron chi connectivity index (χ4n) is 4.97. The monoisotopic (exact) mass is 442 g/mol. The van der Waals surface area contributed by atoms with Crippen LogP contribution in [0, 0.1) is 11.8 Å². The van der Waals surface area contributed by atoms with Gasteiger partial charge >= 0.3 is 0 Å². The van der Waals surface area contributed by atoms with Crippen molar-refractivity contribution < 1.29 is 9.53 Å². The average molecular weight is 443 g/mol. The Morgan fingerprint density at radius 2 is 1.87 bits per heavy atom. The molecule has 1 N–H and O–H groups in total. The molecule has 2 atom stereocenters. The molecule has 30 heavy (non-hydrogen) atoms. The number of ether oxygens (including phenoxy) is 1. The Hall–Kier alpha value is -2.44. The largest absolute Gasteiger partial charge is 0.484 e. The normalized spacial score (nSPS) is 21.2. The summed E-state index contributed by atoms with van der Waals surface area (Å²) in [6.07, 6.45) is 4.47. The number of tetrazole rings is 1. The van der Waals surface area contributed by atoms with Crippen LogP contribution in [0.5, 0.6) is 5.75 Å². The number of benzene rings is 2. The van der Waals surface area contributed by atoms with E-state index in [9.17, 15) is 4.79 Å². The fraction of sp³-hybridized carbons (Fsp3) is 0.364. The van der Waals surface area contributed by atoms with Gasteiger partial charge in [0.2, 0.25) is 5.82 Å². The first-order valence-corrected chi connectivity index (χ1v) is 10.9. The number of ketones is 1. The number of nitrogens with zero attached hydrogens (tertiary/aromatic N) is 3. The molecule has 2 aliphatic carbocycles. The van der Waals surface area contributed by atoms with Gasteiger partial charge in [0.05, 0.1) is 5.02 Å². The van der Waals surface area contributed by atoms with Gasteiger partial charge in [0.25, 0.3) is 0 Å². The van der Waals surface area contributed by atoms with Crippen LogP contribution in [-0.2, 0) is 6.61 Å². The molecule has 154 valence electrons. The van der Waals surface area contributed by atoms with Crippen molar-refractivity contribution in [2.75, 3.05) is 0 Å². The number of carbonyl (C=O) groups excluding carboxylic acids is 1. The van der Waals surface area contributed by atoms with E-state index in [0.29, 0.717) is 23.1 Å².